The van der Waals surface area contributed by atoms with Crippen LogP contribution in [0.1, 0.15) is 62.0 Å². The number of ether oxygens (including phenoxy) is 1. The monoisotopic (exact) mass is 604 g/mol. The van der Waals surface area contributed by atoms with Crippen molar-refractivity contribution in [2.75, 3.05) is 32.7 Å². The summed E-state index contributed by atoms with van der Waals surface area (Å²) in [6.45, 7) is 7.32. The van der Waals surface area contributed by atoms with Gasteiger partial charge in [-0.15, -0.1) is 6.58 Å². The number of non-ortho nitro benzene ring substituents is 1. The zero-order chi connectivity index (χ0) is 31.1. The number of nitro groups is 1. The fourth-order valence-corrected chi connectivity index (χ4v) is 7.53. The molecule has 0 bridgehead atoms. The van der Waals surface area contributed by atoms with E-state index in [1.807, 2.05) is 6.07 Å². The van der Waals surface area contributed by atoms with Crippen LogP contribution in [0.3, 0.4) is 0 Å². The third-order valence-corrected chi connectivity index (χ3v) is 9.77. The zero-order valence-corrected chi connectivity index (χ0v) is 25.3. The smallest absolute Gasteiger partial charge is 0.410 e. The van der Waals surface area contributed by atoms with E-state index in [0.29, 0.717) is 12.1 Å². The van der Waals surface area contributed by atoms with Crippen molar-refractivity contribution >= 4 is 17.7 Å². The van der Waals surface area contributed by atoms with Crippen LogP contribution in [0.15, 0.2) is 67.3 Å². The van der Waals surface area contributed by atoms with E-state index >= 15 is 0 Å². The van der Waals surface area contributed by atoms with Crippen LogP contribution in [0, 0.1) is 16.0 Å². The van der Waals surface area contributed by atoms with Crippen molar-refractivity contribution in [2.24, 2.45) is 5.92 Å². The lowest BCUT2D eigenvalue weighted by Crippen LogP contribution is -2.52. The van der Waals surface area contributed by atoms with E-state index in [0.717, 1.165) is 64.7 Å². The van der Waals surface area contributed by atoms with E-state index < -0.39 is 23.0 Å². The first-order valence-corrected chi connectivity index (χ1v) is 15.9. The topological polar surface area (TPSA) is 116 Å². The van der Waals surface area contributed by atoms with Crippen molar-refractivity contribution in [1.29, 1.82) is 0 Å². The molecule has 2 aliphatic heterocycles. The molecule has 2 aromatic rings. The number of hydrogen-bond acceptors (Lipinski definition) is 7. The average molecular weight is 605 g/mol. The van der Waals surface area contributed by atoms with Crippen LogP contribution in [-0.4, -0.2) is 87.6 Å². The molecule has 2 saturated heterocycles. The quantitative estimate of drug-likeness (QED) is 0.198. The van der Waals surface area contributed by atoms with E-state index in [2.05, 4.69) is 40.6 Å². The molecule has 5 rings (SSSR count). The highest BCUT2D eigenvalue weighted by Crippen LogP contribution is 2.38. The maximum absolute atomic E-state index is 13.2. The summed E-state index contributed by atoms with van der Waals surface area (Å²) < 4.78 is 5.61. The third-order valence-electron chi connectivity index (χ3n) is 9.77. The van der Waals surface area contributed by atoms with E-state index in [-0.39, 0.29) is 36.2 Å². The Labute approximate surface area is 259 Å². The van der Waals surface area contributed by atoms with Gasteiger partial charge in [-0.2, -0.15) is 0 Å². The predicted octanol–water partition coefficient (Wildman–Crippen LogP) is 5.69. The summed E-state index contributed by atoms with van der Waals surface area (Å²) >= 11 is 0. The van der Waals surface area contributed by atoms with Crippen molar-refractivity contribution in [3.63, 3.8) is 0 Å². The molecule has 10 nitrogen and oxygen atoms in total. The second kappa shape index (κ2) is 14.8. The Kier molecular flexibility index (Phi) is 10.7. The Morgan fingerprint density at radius 2 is 1.70 bits per heavy atom. The van der Waals surface area contributed by atoms with Crippen molar-refractivity contribution in [3.05, 3.63) is 88.5 Å². The van der Waals surface area contributed by atoms with Gasteiger partial charge in [0.2, 0.25) is 0 Å². The molecular formula is C34H44N4O6. The number of amides is 1. The molecule has 1 saturated carbocycles. The van der Waals surface area contributed by atoms with Crippen LogP contribution in [0.5, 0.6) is 0 Å². The largest absolute Gasteiger partial charge is 0.480 e. The summed E-state index contributed by atoms with van der Waals surface area (Å²) in [5.41, 5.74) is 1.92. The van der Waals surface area contributed by atoms with Crippen LogP contribution in [0.4, 0.5) is 10.5 Å². The van der Waals surface area contributed by atoms with Crippen molar-refractivity contribution in [3.8, 4) is 0 Å². The maximum atomic E-state index is 13.2. The van der Waals surface area contributed by atoms with Crippen molar-refractivity contribution < 1.29 is 24.4 Å². The first-order chi connectivity index (χ1) is 21.4. The summed E-state index contributed by atoms with van der Waals surface area (Å²) in [4.78, 5) is 42.7. The summed E-state index contributed by atoms with van der Waals surface area (Å²) in [5.74, 6) is -0.281. The highest BCUT2D eigenvalue weighted by Gasteiger charge is 2.45. The van der Waals surface area contributed by atoms with Crippen molar-refractivity contribution in [2.45, 2.75) is 75.6 Å². The Bertz CT molecular complexity index is 1270. The number of rotatable bonds is 11. The molecule has 0 aromatic heterocycles. The SMILES string of the molecule is C=CCN(C(=O)OCc1ccc([N+](=O)[O-])cc1)C1CCN(C2CN([C@@H](C(=O)O)C3CCCCC3)CC2c2ccccc2)CC1. The minimum atomic E-state index is -0.699. The van der Waals surface area contributed by atoms with E-state index in [1.54, 1.807) is 23.1 Å². The van der Waals surface area contributed by atoms with Crippen LogP contribution >= 0.6 is 0 Å². The normalized spacial score (nSPS) is 22.7. The molecule has 2 heterocycles. The van der Waals surface area contributed by atoms with Crippen LogP contribution in [0.25, 0.3) is 0 Å². The molecular weight excluding hydrogens is 560 g/mol. The van der Waals surface area contributed by atoms with Gasteiger partial charge in [0.25, 0.3) is 5.69 Å². The van der Waals surface area contributed by atoms with Gasteiger partial charge in [0.15, 0.2) is 0 Å². The number of carbonyl (C=O) groups is 2. The maximum Gasteiger partial charge on any atom is 0.410 e. The Morgan fingerprint density at radius 1 is 1.02 bits per heavy atom. The molecule has 3 aliphatic rings. The minimum Gasteiger partial charge on any atom is -0.480 e. The van der Waals surface area contributed by atoms with Gasteiger partial charge in [0, 0.05) is 62.9 Å². The molecule has 3 atom stereocenters. The highest BCUT2D eigenvalue weighted by molar-refractivity contribution is 5.74. The van der Waals surface area contributed by atoms with Gasteiger partial charge in [0.05, 0.1) is 4.92 Å². The molecule has 3 fully saturated rings. The lowest BCUT2D eigenvalue weighted by molar-refractivity contribution is -0.384. The molecule has 2 unspecified atom stereocenters. The predicted molar refractivity (Wildman–Crippen MR) is 167 cm³/mol. The zero-order valence-electron chi connectivity index (χ0n) is 25.3. The van der Waals surface area contributed by atoms with Crippen LogP contribution in [-0.2, 0) is 16.1 Å². The number of hydrogen-bond donors (Lipinski definition) is 1. The van der Waals surface area contributed by atoms with Gasteiger partial charge in [-0.25, -0.2) is 4.79 Å². The average Bonchev–Trinajstić information content (AvgIpc) is 3.48. The Hall–Kier alpha value is -3.76. The minimum absolute atomic E-state index is 0.00435. The summed E-state index contributed by atoms with van der Waals surface area (Å²) in [7, 11) is 0. The van der Waals surface area contributed by atoms with Gasteiger partial charge < -0.3 is 14.7 Å². The number of carbonyl (C=O) groups excluding carboxylic acids is 1. The number of carboxylic acid groups (broad SMARTS) is 1. The van der Waals surface area contributed by atoms with E-state index in [4.69, 9.17) is 4.74 Å². The molecule has 2 aromatic carbocycles. The first-order valence-electron chi connectivity index (χ1n) is 15.9. The number of carboxylic acids is 1. The molecule has 0 spiro atoms. The van der Waals surface area contributed by atoms with Gasteiger partial charge in [-0.3, -0.25) is 24.7 Å². The van der Waals surface area contributed by atoms with E-state index in [9.17, 15) is 24.8 Å². The van der Waals surface area contributed by atoms with Crippen LogP contribution < -0.4 is 0 Å². The van der Waals surface area contributed by atoms with Crippen LogP contribution in [0.2, 0.25) is 0 Å². The van der Waals surface area contributed by atoms with Gasteiger partial charge >= 0.3 is 12.1 Å². The highest BCUT2D eigenvalue weighted by atomic mass is 16.6. The lowest BCUT2D eigenvalue weighted by Gasteiger charge is -2.41. The summed E-state index contributed by atoms with van der Waals surface area (Å²) in [6, 6.07) is 16.2. The van der Waals surface area contributed by atoms with Gasteiger partial charge in [-0.05, 0) is 54.9 Å². The molecule has 1 aliphatic carbocycles. The van der Waals surface area contributed by atoms with Gasteiger partial charge in [-0.1, -0.05) is 55.7 Å². The summed E-state index contributed by atoms with van der Waals surface area (Å²) in [5, 5.41) is 21.3. The third kappa shape index (κ3) is 7.47. The molecule has 10 heteroatoms. The Balaban J connectivity index is 1.24. The number of aliphatic carboxylic acids is 1. The van der Waals surface area contributed by atoms with Gasteiger partial charge in [0.1, 0.15) is 12.6 Å². The molecule has 44 heavy (non-hydrogen) atoms. The first kappa shape index (κ1) is 31.7. The second-order valence-electron chi connectivity index (χ2n) is 12.4. The second-order valence-corrected chi connectivity index (χ2v) is 12.4. The number of benzene rings is 2. The number of likely N-dealkylation sites (tertiary alicyclic amines) is 2. The fourth-order valence-electron chi connectivity index (χ4n) is 7.53. The number of piperidine rings is 1. The Morgan fingerprint density at radius 3 is 2.32 bits per heavy atom. The fraction of sp³-hybridized carbons (Fsp3) is 0.529. The molecule has 1 amide bonds. The van der Waals surface area contributed by atoms with Crippen molar-refractivity contribution in [1.82, 2.24) is 14.7 Å². The standard InChI is InChI=1S/C34H44N4O6/c1-2-19-37(34(41)44-24-25-13-15-29(16-14-25)38(42)43)28-17-20-35(21-18-28)31-23-36(22-30(31)26-9-5-3-6-10-26)32(33(39)40)27-11-7-4-8-12-27/h2-3,5-6,9-10,13-16,27-28,30-32H,1,4,7-8,11-12,17-24H2,(H,39,40)/t30?,31?,32-/m1/s1. The number of nitro benzene ring substituents is 1. The lowest BCUT2D eigenvalue weighted by atomic mass is 9.83. The number of nitrogens with zero attached hydrogens (tertiary/aromatic N) is 4. The molecule has 1 N–H and O–H groups in total. The molecule has 0 radical (unpaired) electrons. The van der Waals surface area contributed by atoms with E-state index in [1.165, 1.54) is 24.1 Å². The molecule has 236 valence electrons. The summed E-state index contributed by atoms with van der Waals surface area (Å²) in [6.07, 6.45) is 8.23.